The molecule has 72 valence electrons. The number of carbonyl (C=O) groups excluding carboxylic acids is 1. The molecule has 0 amide bonds. The van der Waals surface area contributed by atoms with Crippen molar-refractivity contribution in [2.75, 3.05) is 0 Å². The highest BCUT2D eigenvalue weighted by Gasteiger charge is 2.19. The van der Waals surface area contributed by atoms with Crippen molar-refractivity contribution < 1.29 is 14.1 Å². The van der Waals surface area contributed by atoms with Crippen LogP contribution in [0, 0.1) is 0 Å². The Labute approximate surface area is 74.7 Å². The second kappa shape index (κ2) is 3.08. The molecular formula is C8H11NO4. The predicted molar refractivity (Wildman–Crippen MR) is 44.5 cm³/mol. The zero-order valence-corrected chi connectivity index (χ0v) is 7.71. The van der Waals surface area contributed by atoms with Gasteiger partial charge in [-0.1, -0.05) is 0 Å². The fourth-order valence-electron chi connectivity index (χ4n) is 0.716. The zero-order valence-electron chi connectivity index (χ0n) is 7.71. The van der Waals surface area contributed by atoms with Crippen LogP contribution in [0.3, 0.4) is 0 Å². The highest BCUT2D eigenvalue weighted by molar-refractivity contribution is 5.87. The van der Waals surface area contributed by atoms with E-state index in [0.717, 1.165) is 6.07 Å². The molecule has 5 heteroatoms. The van der Waals surface area contributed by atoms with Crippen LogP contribution < -0.4 is 5.63 Å². The largest absolute Gasteiger partial charge is 0.455 e. The molecule has 1 aromatic heterocycles. The third-order valence-electron chi connectivity index (χ3n) is 1.14. The van der Waals surface area contributed by atoms with Crippen molar-refractivity contribution in [2.24, 2.45) is 0 Å². The number of aromatic nitrogens is 1. The number of ether oxygens (including phenoxy) is 1. The van der Waals surface area contributed by atoms with Gasteiger partial charge in [-0.15, -0.1) is 0 Å². The number of carbonyl (C=O) groups is 1. The molecule has 0 bridgehead atoms. The van der Waals surface area contributed by atoms with Crippen LogP contribution in [-0.4, -0.2) is 16.7 Å². The Bertz CT molecular complexity index is 355. The first-order valence-corrected chi connectivity index (χ1v) is 3.80. The van der Waals surface area contributed by atoms with Crippen molar-refractivity contribution in [2.45, 2.75) is 26.4 Å². The Morgan fingerprint density at radius 2 is 2.15 bits per heavy atom. The summed E-state index contributed by atoms with van der Waals surface area (Å²) in [5, 5.41) is 2.17. The maximum atomic E-state index is 11.2. The molecule has 0 aliphatic heterocycles. The molecule has 0 atom stereocenters. The summed E-state index contributed by atoms with van der Waals surface area (Å²) in [6.45, 7) is 5.22. The Hall–Kier alpha value is -1.52. The molecule has 0 unspecified atom stereocenters. The molecule has 1 aromatic rings. The molecule has 0 spiro atoms. The lowest BCUT2D eigenvalue weighted by Crippen LogP contribution is -2.24. The van der Waals surface area contributed by atoms with Gasteiger partial charge in [0.2, 0.25) is 0 Å². The summed E-state index contributed by atoms with van der Waals surface area (Å²) in [7, 11) is 0. The average Bonchev–Trinajstić information content (AvgIpc) is 2.31. The predicted octanol–water partition coefficient (Wildman–Crippen LogP) is 0.923. The maximum Gasteiger partial charge on any atom is 0.358 e. The lowest BCUT2D eigenvalue weighted by Gasteiger charge is -2.18. The number of hydrogen-bond acceptors (Lipinski definition) is 4. The summed E-state index contributed by atoms with van der Waals surface area (Å²) < 4.78 is 9.29. The smallest absolute Gasteiger partial charge is 0.358 e. The first-order valence-electron chi connectivity index (χ1n) is 3.80. The lowest BCUT2D eigenvalue weighted by atomic mass is 10.2. The van der Waals surface area contributed by atoms with Crippen LogP contribution in [0.5, 0.6) is 0 Å². The second-order valence-electron chi connectivity index (χ2n) is 3.58. The van der Waals surface area contributed by atoms with E-state index in [-0.39, 0.29) is 5.69 Å². The minimum absolute atomic E-state index is 0.0277. The molecule has 1 rings (SSSR count). The van der Waals surface area contributed by atoms with Crippen LogP contribution in [0.4, 0.5) is 0 Å². The number of hydrogen-bond donors (Lipinski definition) is 1. The molecule has 1 N–H and O–H groups in total. The van der Waals surface area contributed by atoms with E-state index in [1.807, 2.05) is 0 Å². The first-order chi connectivity index (χ1) is 5.88. The lowest BCUT2D eigenvalue weighted by molar-refractivity contribution is 0.00588. The van der Waals surface area contributed by atoms with Crippen LogP contribution >= 0.6 is 0 Å². The van der Waals surface area contributed by atoms with Crippen LogP contribution in [0.1, 0.15) is 31.3 Å². The van der Waals surface area contributed by atoms with Gasteiger partial charge in [0.05, 0.1) is 6.07 Å². The van der Waals surface area contributed by atoms with Crippen molar-refractivity contribution in [3.05, 3.63) is 22.2 Å². The van der Waals surface area contributed by atoms with E-state index in [9.17, 15) is 9.59 Å². The number of rotatable bonds is 1. The third-order valence-corrected chi connectivity index (χ3v) is 1.14. The van der Waals surface area contributed by atoms with Gasteiger partial charge in [-0.05, 0) is 20.8 Å². The molecule has 5 nitrogen and oxygen atoms in total. The fraction of sp³-hybridized carbons (Fsp3) is 0.500. The molecule has 13 heavy (non-hydrogen) atoms. The van der Waals surface area contributed by atoms with E-state index in [0.29, 0.717) is 0 Å². The van der Waals surface area contributed by atoms with Crippen molar-refractivity contribution in [1.29, 1.82) is 0 Å². The number of aromatic amines is 1. The van der Waals surface area contributed by atoms with E-state index in [1.54, 1.807) is 20.8 Å². The summed E-state index contributed by atoms with van der Waals surface area (Å²) in [6, 6.07) is 1.05. The van der Waals surface area contributed by atoms with Crippen LogP contribution in [0.2, 0.25) is 0 Å². The number of H-pyrrole nitrogens is 1. The summed E-state index contributed by atoms with van der Waals surface area (Å²) in [5.74, 6) is -0.599. The summed E-state index contributed by atoms with van der Waals surface area (Å²) >= 11 is 0. The SMILES string of the molecule is CC(C)(C)OC(=O)c1cc(=O)o[nH]1. The monoisotopic (exact) mass is 185 g/mol. The zero-order chi connectivity index (χ0) is 10.1. The first kappa shape index (κ1) is 9.57. The van der Waals surface area contributed by atoms with E-state index in [1.165, 1.54) is 0 Å². The minimum atomic E-state index is -0.599. The Morgan fingerprint density at radius 3 is 2.54 bits per heavy atom. The second-order valence-corrected chi connectivity index (χ2v) is 3.58. The quantitative estimate of drug-likeness (QED) is 0.660. The van der Waals surface area contributed by atoms with Gasteiger partial charge in [-0.25, -0.2) is 14.7 Å². The average molecular weight is 185 g/mol. The Balaban J connectivity index is 2.75. The molecular weight excluding hydrogens is 174 g/mol. The highest BCUT2D eigenvalue weighted by atomic mass is 16.6. The van der Waals surface area contributed by atoms with Crippen molar-refractivity contribution in [1.82, 2.24) is 5.16 Å². The molecule has 0 aliphatic carbocycles. The summed E-state index contributed by atoms with van der Waals surface area (Å²) in [5.41, 5.74) is -1.15. The summed E-state index contributed by atoms with van der Waals surface area (Å²) in [4.78, 5) is 21.8. The van der Waals surface area contributed by atoms with Crippen LogP contribution in [0.15, 0.2) is 15.4 Å². The van der Waals surface area contributed by atoms with Gasteiger partial charge < -0.3 is 9.26 Å². The standard InChI is InChI=1S/C8H11NO4/c1-8(2,3)12-7(11)5-4-6(10)13-9-5/h4,9H,1-3H3. The highest BCUT2D eigenvalue weighted by Crippen LogP contribution is 2.09. The van der Waals surface area contributed by atoms with Crippen LogP contribution in [0.25, 0.3) is 0 Å². The Kier molecular flexibility index (Phi) is 2.27. The minimum Gasteiger partial charge on any atom is -0.455 e. The Morgan fingerprint density at radius 1 is 1.54 bits per heavy atom. The van der Waals surface area contributed by atoms with Crippen molar-refractivity contribution in [3.8, 4) is 0 Å². The van der Waals surface area contributed by atoms with E-state index < -0.39 is 17.2 Å². The molecule has 0 saturated heterocycles. The van der Waals surface area contributed by atoms with Crippen LogP contribution in [-0.2, 0) is 4.74 Å². The van der Waals surface area contributed by atoms with Gasteiger partial charge in [0.15, 0.2) is 5.69 Å². The van der Waals surface area contributed by atoms with E-state index in [4.69, 9.17) is 4.74 Å². The van der Waals surface area contributed by atoms with Gasteiger partial charge in [0.25, 0.3) is 0 Å². The van der Waals surface area contributed by atoms with Gasteiger partial charge in [-0.2, -0.15) is 0 Å². The number of nitrogens with one attached hydrogen (secondary N) is 1. The fourth-order valence-corrected chi connectivity index (χ4v) is 0.716. The molecule has 0 aliphatic rings. The van der Waals surface area contributed by atoms with Gasteiger partial charge >= 0.3 is 11.6 Å². The topological polar surface area (TPSA) is 72.3 Å². The molecule has 0 aromatic carbocycles. The van der Waals surface area contributed by atoms with Crippen molar-refractivity contribution in [3.63, 3.8) is 0 Å². The molecule has 0 radical (unpaired) electrons. The molecule has 1 heterocycles. The van der Waals surface area contributed by atoms with E-state index in [2.05, 4.69) is 9.68 Å². The van der Waals surface area contributed by atoms with Gasteiger partial charge in [0.1, 0.15) is 5.60 Å². The van der Waals surface area contributed by atoms with Gasteiger partial charge in [0, 0.05) is 0 Å². The third kappa shape index (κ3) is 2.77. The molecule has 0 fully saturated rings. The summed E-state index contributed by atoms with van der Waals surface area (Å²) in [6.07, 6.45) is 0. The van der Waals surface area contributed by atoms with Gasteiger partial charge in [-0.3, -0.25) is 0 Å². The molecule has 0 saturated carbocycles. The maximum absolute atomic E-state index is 11.2. The normalized spacial score (nSPS) is 11.3. The van der Waals surface area contributed by atoms with E-state index >= 15 is 0 Å². The number of esters is 1. The van der Waals surface area contributed by atoms with Crippen molar-refractivity contribution >= 4 is 5.97 Å².